The molecule has 3 N–H and O–H groups in total. The lowest BCUT2D eigenvalue weighted by molar-refractivity contribution is -0.146. The Kier molecular flexibility index (Phi) is 3.68. The zero-order valence-electron chi connectivity index (χ0n) is 8.98. The zero-order valence-corrected chi connectivity index (χ0v) is 8.98. The van der Waals surface area contributed by atoms with Crippen LogP contribution in [-0.2, 0) is 4.79 Å². The second-order valence-electron chi connectivity index (χ2n) is 3.39. The summed E-state index contributed by atoms with van der Waals surface area (Å²) in [5.74, 6) is -0.781. The number of hydrogen-bond donors (Lipinski definition) is 3. The molecule has 0 saturated carbocycles. The molecular weight excluding hydrogens is 214 g/mol. The van der Waals surface area contributed by atoms with Crippen LogP contribution in [0.5, 0.6) is 0 Å². The lowest BCUT2D eigenvalue weighted by Gasteiger charge is -2.06. The van der Waals surface area contributed by atoms with E-state index >= 15 is 0 Å². The number of amides is 1. The molecule has 1 heterocycles. The number of aliphatic hydroxyl groups is 1. The van der Waals surface area contributed by atoms with Gasteiger partial charge in [0.1, 0.15) is 11.5 Å². The first-order valence-electron chi connectivity index (χ1n) is 4.68. The van der Waals surface area contributed by atoms with Crippen molar-refractivity contribution >= 4 is 11.9 Å². The Balaban J connectivity index is 2.60. The van der Waals surface area contributed by atoms with Gasteiger partial charge in [-0.05, 0) is 19.9 Å². The first kappa shape index (κ1) is 12.3. The predicted molar refractivity (Wildman–Crippen MR) is 54.2 cm³/mol. The minimum absolute atomic E-state index is 0.335. The molecular formula is C10H13NO5. The molecule has 1 rings (SSSR count). The fraction of sp³-hybridized carbons (Fsp3) is 0.400. The number of aryl methyl sites for hydroxylation is 2. The van der Waals surface area contributed by atoms with Gasteiger partial charge in [-0.3, -0.25) is 4.79 Å². The van der Waals surface area contributed by atoms with Gasteiger partial charge in [0.15, 0.2) is 6.10 Å². The lowest BCUT2D eigenvalue weighted by Crippen LogP contribution is -2.36. The summed E-state index contributed by atoms with van der Waals surface area (Å²) in [7, 11) is 0. The van der Waals surface area contributed by atoms with Crippen LogP contribution in [-0.4, -0.2) is 34.7 Å². The lowest BCUT2D eigenvalue weighted by atomic mass is 10.2. The summed E-state index contributed by atoms with van der Waals surface area (Å²) in [5.41, 5.74) is 0.343. The Morgan fingerprint density at radius 3 is 2.56 bits per heavy atom. The second kappa shape index (κ2) is 4.80. The number of carboxylic acid groups (broad SMARTS) is 1. The third-order valence-electron chi connectivity index (χ3n) is 2.03. The normalized spacial score (nSPS) is 12.2. The quantitative estimate of drug-likeness (QED) is 0.676. The monoisotopic (exact) mass is 227 g/mol. The van der Waals surface area contributed by atoms with Gasteiger partial charge in [-0.2, -0.15) is 0 Å². The van der Waals surface area contributed by atoms with Crippen LogP contribution in [0.2, 0.25) is 0 Å². The molecule has 1 aromatic heterocycles. The number of rotatable bonds is 4. The number of aliphatic carboxylic acids is 1. The van der Waals surface area contributed by atoms with E-state index in [9.17, 15) is 9.59 Å². The van der Waals surface area contributed by atoms with E-state index in [4.69, 9.17) is 14.6 Å². The van der Waals surface area contributed by atoms with Crippen molar-refractivity contribution in [3.8, 4) is 0 Å². The first-order chi connectivity index (χ1) is 7.41. The third-order valence-corrected chi connectivity index (χ3v) is 2.03. The van der Waals surface area contributed by atoms with Gasteiger partial charge in [0.2, 0.25) is 0 Å². The first-order valence-corrected chi connectivity index (χ1v) is 4.68. The molecule has 0 aliphatic heterocycles. The van der Waals surface area contributed by atoms with Gasteiger partial charge >= 0.3 is 5.97 Å². The molecule has 0 fully saturated rings. The molecule has 6 heteroatoms. The second-order valence-corrected chi connectivity index (χ2v) is 3.39. The summed E-state index contributed by atoms with van der Waals surface area (Å²) >= 11 is 0. The molecule has 1 amide bonds. The summed E-state index contributed by atoms with van der Waals surface area (Å²) in [4.78, 5) is 21.8. The van der Waals surface area contributed by atoms with Gasteiger partial charge in [-0.25, -0.2) is 4.79 Å². The molecule has 0 radical (unpaired) electrons. The van der Waals surface area contributed by atoms with E-state index in [1.807, 2.05) is 0 Å². The standard InChI is InChI=1S/C10H13NO5/c1-5-3-7(6(2)16-5)9(13)11-4-8(12)10(14)15/h3,8,12H,4H2,1-2H3,(H,11,13)(H,14,15)/t8-/m0/s1. The van der Waals surface area contributed by atoms with Gasteiger partial charge in [0, 0.05) is 0 Å². The molecule has 0 bridgehead atoms. The van der Waals surface area contributed by atoms with Crippen LogP contribution < -0.4 is 5.32 Å². The smallest absolute Gasteiger partial charge is 0.334 e. The van der Waals surface area contributed by atoms with Gasteiger partial charge in [-0.1, -0.05) is 0 Å². The average molecular weight is 227 g/mol. The van der Waals surface area contributed by atoms with Crippen LogP contribution in [0.4, 0.5) is 0 Å². The highest BCUT2D eigenvalue weighted by molar-refractivity contribution is 5.95. The van der Waals surface area contributed by atoms with Crippen LogP contribution in [0.1, 0.15) is 21.9 Å². The number of carbonyl (C=O) groups is 2. The fourth-order valence-electron chi connectivity index (χ4n) is 1.23. The summed E-state index contributed by atoms with van der Waals surface area (Å²) in [6, 6.07) is 1.55. The van der Waals surface area contributed by atoms with Gasteiger partial charge < -0.3 is 19.9 Å². The maximum Gasteiger partial charge on any atom is 0.334 e. The van der Waals surface area contributed by atoms with E-state index in [0.29, 0.717) is 17.1 Å². The molecule has 1 aromatic rings. The van der Waals surface area contributed by atoms with Crippen LogP contribution >= 0.6 is 0 Å². The average Bonchev–Trinajstić information content (AvgIpc) is 2.53. The van der Waals surface area contributed by atoms with E-state index in [2.05, 4.69) is 5.32 Å². The van der Waals surface area contributed by atoms with Crippen molar-refractivity contribution in [2.45, 2.75) is 20.0 Å². The van der Waals surface area contributed by atoms with Gasteiger partial charge in [-0.15, -0.1) is 0 Å². The Labute approximate surface area is 91.9 Å². The van der Waals surface area contributed by atoms with Gasteiger partial charge in [0.25, 0.3) is 5.91 Å². The molecule has 88 valence electrons. The summed E-state index contributed by atoms with van der Waals surface area (Å²) in [6.45, 7) is 3.00. The molecule has 0 saturated heterocycles. The van der Waals surface area contributed by atoms with E-state index in [1.54, 1.807) is 19.9 Å². The number of aliphatic hydroxyl groups excluding tert-OH is 1. The number of furan rings is 1. The van der Waals surface area contributed by atoms with Crippen molar-refractivity contribution < 1.29 is 24.2 Å². The molecule has 1 atom stereocenters. The summed E-state index contributed by atoms with van der Waals surface area (Å²) < 4.78 is 5.15. The van der Waals surface area contributed by atoms with Crippen molar-refractivity contribution in [2.24, 2.45) is 0 Å². The van der Waals surface area contributed by atoms with Crippen molar-refractivity contribution in [3.05, 3.63) is 23.2 Å². The van der Waals surface area contributed by atoms with Crippen molar-refractivity contribution in [1.82, 2.24) is 5.32 Å². The fourth-order valence-corrected chi connectivity index (χ4v) is 1.23. The predicted octanol–water partition coefficient (Wildman–Crippen LogP) is 0.0717. The minimum Gasteiger partial charge on any atom is -0.479 e. The van der Waals surface area contributed by atoms with E-state index < -0.39 is 18.0 Å². The van der Waals surface area contributed by atoms with Crippen LogP contribution in [0.3, 0.4) is 0 Å². The number of carbonyl (C=O) groups excluding carboxylic acids is 1. The number of carboxylic acids is 1. The molecule has 0 aliphatic carbocycles. The topological polar surface area (TPSA) is 99.8 Å². The summed E-state index contributed by atoms with van der Waals surface area (Å²) in [5, 5.41) is 19.7. The van der Waals surface area contributed by atoms with E-state index in [0.717, 1.165) is 0 Å². The third kappa shape index (κ3) is 2.83. The Morgan fingerprint density at radius 1 is 1.50 bits per heavy atom. The number of nitrogens with one attached hydrogen (secondary N) is 1. The highest BCUT2D eigenvalue weighted by Gasteiger charge is 2.17. The molecule has 0 aromatic carbocycles. The van der Waals surface area contributed by atoms with Crippen LogP contribution in [0.15, 0.2) is 10.5 Å². The minimum atomic E-state index is -1.60. The highest BCUT2D eigenvalue weighted by Crippen LogP contribution is 2.13. The largest absolute Gasteiger partial charge is 0.479 e. The van der Waals surface area contributed by atoms with Crippen LogP contribution in [0.25, 0.3) is 0 Å². The van der Waals surface area contributed by atoms with E-state index in [1.165, 1.54) is 0 Å². The van der Waals surface area contributed by atoms with Gasteiger partial charge in [0.05, 0.1) is 12.1 Å². The molecule has 0 spiro atoms. The molecule has 0 aliphatic rings. The molecule has 0 unspecified atom stereocenters. The molecule has 6 nitrogen and oxygen atoms in total. The number of hydrogen-bond acceptors (Lipinski definition) is 4. The SMILES string of the molecule is Cc1cc(C(=O)NC[C@H](O)C(=O)O)c(C)o1. The maximum absolute atomic E-state index is 11.5. The van der Waals surface area contributed by atoms with Crippen molar-refractivity contribution in [2.75, 3.05) is 6.54 Å². The van der Waals surface area contributed by atoms with Crippen molar-refractivity contribution in [3.63, 3.8) is 0 Å². The highest BCUT2D eigenvalue weighted by atomic mass is 16.4. The maximum atomic E-state index is 11.5. The zero-order chi connectivity index (χ0) is 12.3. The molecule has 16 heavy (non-hydrogen) atoms. The van der Waals surface area contributed by atoms with E-state index in [-0.39, 0.29) is 6.54 Å². The summed E-state index contributed by atoms with van der Waals surface area (Å²) in [6.07, 6.45) is -1.60. The Hall–Kier alpha value is -1.82. The van der Waals surface area contributed by atoms with Crippen LogP contribution in [0, 0.1) is 13.8 Å². The Bertz CT molecular complexity index is 409. The Morgan fingerprint density at radius 2 is 2.12 bits per heavy atom. The van der Waals surface area contributed by atoms with Crippen molar-refractivity contribution in [1.29, 1.82) is 0 Å².